The zero-order valence-corrected chi connectivity index (χ0v) is 16.8. The van der Waals surface area contributed by atoms with Crippen molar-refractivity contribution in [2.24, 2.45) is 0 Å². The Morgan fingerprint density at radius 1 is 1.10 bits per heavy atom. The average Bonchev–Trinajstić information content (AvgIpc) is 2.95. The summed E-state index contributed by atoms with van der Waals surface area (Å²) in [6.45, 7) is 4.51. The maximum absolute atomic E-state index is 12.9. The summed E-state index contributed by atoms with van der Waals surface area (Å²) in [5.74, 6) is -1.46. The molecule has 1 aliphatic heterocycles. The van der Waals surface area contributed by atoms with Crippen LogP contribution in [0.15, 0.2) is 48.0 Å². The van der Waals surface area contributed by atoms with Crippen LogP contribution in [0.1, 0.15) is 34.7 Å². The van der Waals surface area contributed by atoms with Gasteiger partial charge in [-0.25, -0.2) is 0 Å². The summed E-state index contributed by atoms with van der Waals surface area (Å²) in [4.78, 5) is 27.2. The van der Waals surface area contributed by atoms with Crippen LogP contribution in [-0.4, -0.2) is 47.1 Å². The zero-order valence-electron chi connectivity index (χ0n) is 16.8. The van der Waals surface area contributed by atoms with E-state index in [4.69, 9.17) is 4.74 Å². The number of aliphatic hydroxyl groups excluding tert-OH is 1. The SMILES string of the molecule is COCCCN1C(=O)C(=O)C(=C(O)c2cc(C)ccc2C)C1c1ccc(O)cc1. The van der Waals surface area contributed by atoms with Gasteiger partial charge in [0.2, 0.25) is 0 Å². The molecule has 2 N–H and O–H groups in total. The molecule has 2 aromatic rings. The van der Waals surface area contributed by atoms with E-state index in [1.165, 1.54) is 17.0 Å². The highest BCUT2D eigenvalue weighted by Gasteiger charge is 2.45. The van der Waals surface area contributed by atoms with E-state index in [0.29, 0.717) is 30.7 Å². The number of ketones is 1. The van der Waals surface area contributed by atoms with Gasteiger partial charge in [-0.3, -0.25) is 9.59 Å². The molecule has 1 amide bonds. The molecule has 1 heterocycles. The number of nitrogens with zero attached hydrogens (tertiary/aromatic N) is 1. The number of phenols is 1. The van der Waals surface area contributed by atoms with Crippen molar-refractivity contribution in [2.75, 3.05) is 20.3 Å². The minimum Gasteiger partial charge on any atom is -0.508 e. The van der Waals surface area contributed by atoms with Crippen LogP contribution in [0.3, 0.4) is 0 Å². The van der Waals surface area contributed by atoms with Gasteiger partial charge < -0.3 is 19.8 Å². The fourth-order valence-electron chi connectivity index (χ4n) is 3.63. The largest absolute Gasteiger partial charge is 0.508 e. The van der Waals surface area contributed by atoms with E-state index in [1.807, 2.05) is 26.0 Å². The normalized spacial score (nSPS) is 18.4. The van der Waals surface area contributed by atoms with Gasteiger partial charge in [0.1, 0.15) is 11.5 Å². The van der Waals surface area contributed by atoms with Gasteiger partial charge in [0, 0.05) is 25.8 Å². The molecule has 0 aliphatic carbocycles. The lowest BCUT2D eigenvalue weighted by molar-refractivity contribution is -0.140. The number of benzene rings is 2. The van der Waals surface area contributed by atoms with Crippen molar-refractivity contribution in [2.45, 2.75) is 26.3 Å². The first-order valence-electron chi connectivity index (χ1n) is 9.49. The average molecular weight is 395 g/mol. The molecule has 2 aromatic carbocycles. The Bertz CT molecular complexity index is 962. The molecule has 6 heteroatoms. The van der Waals surface area contributed by atoms with Crippen LogP contribution in [0.5, 0.6) is 5.75 Å². The molecule has 0 aromatic heterocycles. The fraction of sp³-hybridized carbons (Fsp3) is 0.304. The van der Waals surface area contributed by atoms with Crippen molar-refractivity contribution in [1.82, 2.24) is 4.90 Å². The predicted octanol–water partition coefficient (Wildman–Crippen LogP) is 3.47. The van der Waals surface area contributed by atoms with E-state index >= 15 is 0 Å². The number of ether oxygens (including phenoxy) is 1. The number of hydrogen-bond donors (Lipinski definition) is 2. The Morgan fingerprint density at radius 3 is 2.45 bits per heavy atom. The zero-order chi connectivity index (χ0) is 21.1. The highest BCUT2D eigenvalue weighted by atomic mass is 16.5. The molecule has 0 saturated carbocycles. The number of aryl methyl sites for hydroxylation is 2. The molecule has 0 spiro atoms. The number of aromatic hydroxyl groups is 1. The van der Waals surface area contributed by atoms with Gasteiger partial charge in [0.15, 0.2) is 0 Å². The molecule has 0 radical (unpaired) electrons. The smallest absolute Gasteiger partial charge is 0.295 e. The van der Waals surface area contributed by atoms with Crippen LogP contribution in [-0.2, 0) is 14.3 Å². The minimum absolute atomic E-state index is 0.0619. The standard InChI is InChI=1S/C23H25NO5/c1-14-5-6-15(2)18(13-14)21(26)19-20(16-7-9-17(25)10-8-16)24(11-4-12-29-3)23(28)22(19)27/h5-10,13,20,25-26H,4,11-12H2,1-3H3. The van der Waals surface area contributed by atoms with Gasteiger partial charge in [-0.2, -0.15) is 0 Å². The maximum atomic E-state index is 12.9. The van der Waals surface area contributed by atoms with Crippen LogP contribution >= 0.6 is 0 Å². The highest BCUT2D eigenvalue weighted by Crippen LogP contribution is 2.40. The van der Waals surface area contributed by atoms with Gasteiger partial charge in [-0.05, 0) is 49.6 Å². The summed E-state index contributed by atoms with van der Waals surface area (Å²) in [6.07, 6.45) is 0.557. The summed E-state index contributed by atoms with van der Waals surface area (Å²) in [6, 6.07) is 11.2. The molecule has 152 valence electrons. The van der Waals surface area contributed by atoms with Crippen molar-refractivity contribution in [3.8, 4) is 5.75 Å². The summed E-state index contributed by atoms with van der Waals surface area (Å²) < 4.78 is 5.08. The summed E-state index contributed by atoms with van der Waals surface area (Å²) in [7, 11) is 1.58. The second-order valence-corrected chi connectivity index (χ2v) is 7.25. The molecular weight excluding hydrogens is 370 g/mol. The monoisotopic (exact) mass is 395 g/mol. The van der Waals surface area contributed by atoms with E-state index in [1.54, 1.807) is 25.3 Å². The minimum atomic E-state index is -0.729. The van der Waals surface area contributed by atoms with Crippen LogP contribution in [0, 0.1) is 13.8 Å². The van der Waals surface area contributed by atoms with Gasteiger partial charge in [0.25, 0.3) is 11.7 Å². The van der Waals surface area contributed by atoms with Crippen molar-refractivity contribution < 1.29 is 24.5 Å². The molecule has 29 heavy (non-hydrogen) atoms. The Balaban J connectivity index is 2.16. The summed E-state index contributed by atoms with van der Waals surface area (Å²) >= 11 is 0. The molecular formula is C23H25NO5. The second-order valence-electron chi connectivity index (χ2n) is 7.25. The molecule has 3 rings (SSSR count). The summed E-state index contributed by atoms with van der Waals surface area (Å²) in [5.41, 5.74) is 2.98. The number of carbonyl (C=O) groups is 2. The van der Waals surface area contributed by atoms with Crippen molar-refractivity contribution in [3.63, 3.8) is 0 Å². The molecule has 6 nitrogen and oxygen atoms in total. The number of rotatable bonds is 6. The number of phenolic OH excluding ortho intramolecular Hbond substituents is 1. The lowest BCUT2D eigenvalue weighted by Gasteiger charge is -2.25. The second kappa shape index (κ2) is 8.49. The number of hydrogen-bond acceptors (Lipinski definition) is 5. The van der Waals surface area contributed by atoms with Gasteiger partial charge in [0.05, 0.1) is 11.6 Å². The van der Waals surface area contributed by atoms with Gasteiger partial charge >= 0.3 is 0 Å². The van der Waals surface area contributed by atoms with Gasteiger partial charge in [-0.1, -0.05) is 29.8 Å². The molecule has 1 aliphatic rings. The van der Waals surface area contributed by atoms with Crippen molar-refractivity contribution in [3.05, 3.63) is 70.3 Å². The third-order valence-corrected chi connectivity index (χ3v) is 5.14. The Labute approximate surface area is 170 Å². The van der Waals surface area contributed by atoms with E-state index in [2.05, 4.69) is 0 Å². The highest BCUT2D eigenvalue weighted by molar-refractivity contribution is 6.46. The Kier molecular flexibility index (Phi) is 6.03. The third kappa shape index (κ3) is 4.03. The molecule has 1 saturated heterocycles. The molecule has 1 unspecified atom stereocenters. The molecule has 1 fully saturated rings. The predicted molar refractivity (Wildman–Crippen MR) is 110 cm³/mol. The number of amides is 1. The number of likely N-dealkylation sites (tertiary alicyclic amines) is 1. The lowest BCUT2D eigenvalue weighted by Crippen LogP contribution is -2.31. The molecule has 0 bridgehead atoms. The topological polar surface area (TPSA) is 87.1 Å². The first-order chi connectivity index (χ1) is 13.8. The van der Waals surface area contributed by atoms with E-state index in [-0.39, 0.29) is 17.1 Å². The number of aliphatic hydroxyl groups is 1. The maximum Gasteiger partial charge on any atom is 0.295 e. The van der Waals surface area contributed by atoms with E-state index < -0.39 is 17.7 Å². The van der Waals surface area contributed by atoms with Crippen LogP contribution < -0.4 is 0 Å². The number of Topliss-reactive ketones (excluding diaryl/α,β-unsaturated/α-hetero) is 1. The quantitative estimate of drug-likeness (QED) is 0.338. The molecule has 1 atom stereocenters. The van der Waals surface area contributed by atoms with Crippen LogP contribution in [0.4, 0.5) is 0 Å². The van der Waals surface area contributed by atoms with E-state index in [0.717, 1.165) is 11.1 Å². The summed E-state index contributed by atoms with van der Waals surface area (Å²) in [5, 5.41) is 20.7. The fourth-order valence-corrected chi connectivity index (χ4v) is 3.63. The van der Waals surface area contributed by atoms with Crippen LogP contribution in [0.2, 0.25) is 0 Å². The van der Waals surface area contributed by atoms with E-state index in [9.17, 15) is 19.8 Å². The Hall–Kier alpha value is -3.12. The first kappa shape index (κ1) is 20.6. The van der Waals surface area contributed by atoms with Crippen molar-refractivity contribution in [1.29, 1.82) is 0 Å². The number of methoxy groups -OCH3 is 1. The third-order valence-electron chi connectivity index (χ3n) is 5.14. The first-order valence-corrected chi connectivity index (χ1v) is 9.49. The van der Waals surface area contributed by atoms with Crippen molar-refractivity contribution >= 4 is 17.4 Å². The van der Waals surface area contributed by atoms with Crippen LogP contribution in [0.25, 0.3) is 5.76 Å². The van der Waals surface area contributed by atoms with Gasteiger partial charge in [-0.15, -0.1) is 0 Å². The Morgan fingerprint density at radius 2 is 1.79 bits per heavy atom. The number of carbonyl (C=O) groups excluding carboxylic acids is 2. The lowest BCUT2D eigenvalue weighted by atomic mass is 9.93.